The molecule has 3 rings (SSSR count). The molecule has 146 valence electrons. The van der Waals surface area contributed by atoms with Gasteiger partial charge < -0.3 is 10.2 Å². The molecule has 1 heterocycles. The van der Waals surface area contributed by atoms with Crippen molar-refractivity contribution in [2.24, 2.45) is 5.92 Å². The molecule has 2 aromatic carbocycles. The number of anilines is 2. The van der Waals surface area contributed by atoms with Crippen LogP contribution in [-0.4, -0.2) is 24.1 Å². The van der Waals surface area contributed by atoms with Crippen LogP contribution in [0.3, 0.4) is 0 Å². The summed E-state index contributed by atoms with van der Waals surface area (Å²) in [4.78, 5) is 38.8. The molecule has 0 saturated carbocycles. The van der Waals surface area contributed by atoms with E-state index in [1.165, 1.54) is 6.92 Å². The fourth-order valence-corrected chi connectivity index (χ4v) is 3.72. The van der Waals surface area contributed by atoms with Gasteiger partial charge in [-0.05, 0) is 43.0 Å². The van der Waals surface area contributed by atoms with E-state index in [-0.39, 0.29) is 24.0 Å². The molecular formula is C23H26N2O3. The van der Waals surface area contributed by atoms with Crippen molar-refractivity contribution in [1.82, 2.24) is 0 Å². The molecule has 1 N–H and O–H groups in total. The molecule has 2 amide bonds. The summed E-state index contributed by atoms with van der Waals surface area (Å²) in [7, 11) is 0. The van der Waals surface area contributed by atoms with Crippen molar-refractivity contribution >= 4 is 29.0 Å². The van der Waals surface area contributed by atoms with E-state index in [9.17, 15) is 14.4 Å². The van der Waals surface area contributed by atoms with Gasteiger partial charge in [0.2, 0.25) is 11.8 Å². The second-order valence-electron chi connectivity index (χ2n) is 7.16. The smallest absolute Gasteiger partial charge is 0.229 e. The van der Waals surface area contributed by atoms with Crippen molar-refractivity contribution in [3.05, 3.63) is 59.2 Å². The summed E-state index contributed by atoms with van der Waals surface area (Å²) in [6.45, 7) is 6.02. The zero-order chi connectivity index (χ0) is 20.3. The minimum Gasteiger partial charge on any atom is -0.326 e. The van der Waals surface area contributed by atoms with E-state index in [0.29, 0.717) is 17.8 Å². The molecule has 1 aliphatic heterocycles. The zero-order valence-electron chi connectivity index (χ0n) is 16.6. The lowest BCUT2D eigenvalue weighted by Crippen LogP contribution is -2.29. The van der Waals surface area contributed by atoms with Crippen molar-refractivity contribution < 1.29 is 14.4 Å². The Balaban J connectivity index is 1.79. The van der Waals surface area contributed by atoms with Gasteiger partial charge in [-0.1, -0.05) is 44.2 Å². The third-order valence-electron chi connectivity index (χ3n) is 5.27. The van der Waals surface area contributed by atoms with Crippen LogP contribution in [0.15, 0.2) is 42.5 Å². The Morgan fingerprint density at radius 1 is 1.07 bits per heavy atom. The van der Waals surface area contributed by atoms with E-state index in [1.807, 2.05) is 18.2 Å². The molecule has 0 bridgehead atoms. The van der Waals surface area contributed by atoms with Crippen molar-refractivity contribution in [2.45, 2.75) is 40.0 Å². The first-order chi connectivity index (χ1) is 13.4. The van der Waals surface area contributed by atoms with Crippen LogP contribution < -0.4 is 10.2 Å². The van der Waals surface area contributed by atoms with Gasteiger partial charge in [0.25, 0.3) is 0 Å². The van der Waals surface area contributed by atoms with Crippen molar-refractivity contribution in [1.29, 1.82) is 0 Å². The summed E-state index contributed by atoms with van der Waals surface area (Å²) in [5.41, 5.74) is 4.34. The topological polar surface area (TPSA) is 66.5 Å². The summed E-state index contributed by atoms with van der Waals surface area (Å²) in [5.74, 6) is -0.679. The van der Waals surface area contributed by atoms with Crippen molar-refractivity contribution in [3.8, 4) is 0 Å². The van der Waals surface area contributed by atoms with Crippen LogP contribution in [0.4, 0.5) is 11.4 Å². The summed E-state index contributed by atoms with van der Waals surface area (Å²) in [5, 5.41) is 2.86. The largest absolute Gasteiger partial charge is 0.326 e. The first kappa shape index (κ1) is 19.8. The number of para-hydroxylation sites is 1. The van der Waals surface area contributed by atoms with E-state index < -0.39 is 5.92 Å². The van der Waals surface area contributed by atoms with Crippen LogP contribution in [-0.2, 0) is 22.4 Å². The highest BCUT2D eigenvalue weighted by Gasteiger charge is 2.36. The first-order valence-electron chi connectivity index (χ1n) is 9.77. The lowest BCUT2D eigenvalue weighted by Gasteiger charge is -2.23. The number of carbonyl (C=O) groups excluding carboxylic acids is 3. The van der Waals surface area contributed by atoms with Crippen LogP contribution in [0.2, 0.25) is 0 Å². The van der Waals surface area contributed by atoms with Crippen LogP contribution in [0, 0.1) is 5.92 Å². The number of ketones is 1. The number of benzene rings is 2. The Bertz CT molecular complexity index is 898. The third-order valence-corrected chi connectivity index (χ3v) is 5.27. The maximum atomic E-state index is 12.8. The number of aryl methyl sites for hydroxylation is 2. The number of nitrogens with zero attached hydrogens (tertiary/aromatic N) is 1. The Hall–Kier alpha value is -2.95. The van der Waals surface area contributed by atoms with E-state index in [0.717, 1.165) is 29.7 Å². The fraction of sp³-hybridized carbons (Fsp3) is 0.348. The molecule has 0 aromatic heterocycles. The number of hydrogen-bond donors (Lipinski definition) is 1. The Kier molecular flexibility index (Phi) is 5.93. The van der Waals surface area contributed by atoms with Crippen LogP contribution in [0.5, 0.6) is 0 Å². The quantitative estimate of drug-likeness (QED) is 0.773. The van der Waals surface area contributed by atoms with E-state index in [4.69, 9.17) is 0 Å². The molecule has 5 heteroatoms. The molecule has 0 aliphatic carbocycles. The van der Waals surface area contributed by atoms with E-state index >= 15 is 0 Å². The maximum absolute atomic E-state index is 12.8. The molecular weight excluding hydrogens is 352 g/mol. The SMILES string of the molecule is CCc1cccc(CC)c1N1C[C@@H](C(=O)Nc2cccc(C(C)=O)c2)CC1=O. The van der Waals surface area contributed by atoms with Gasteiger partial charge in [-0.25, -0.2) is 0 Å². The molecule has 0 spiro atoms. The lowest BCUT2D eigenvalue weighted by molar-refractivity contribution is -0.122. The van der Waals surface area contributed by atoms with Gasteiger partial charge in [-0.3, -0.25) is 14.4 Å². The highest BCUT2D eigenvalue weighted by atomic mass is 16.2. The highest BCUT2D eigenvalue weighted by molar-refractivity contribution is 6.04. The number of rotatable bonds is 6. The lowest BCUT2D eigenvalue weighted by atomic mass is 10.0. The standard InChI is InChI=1S/C23H26N2O3/c1-4-16-8-6-9-17(5-2)22(16)25-14-19(13-21(25)27)23(28)24-20-11-7-10-18(12-20)15(3)26/h6-12,19H,4-5,13-14H2,1-3H3,(H,24,28)/t19-/m0/s1. The molecule has 1 atom stereocenters. The van der Waals surface area contributed by atoms with Crippen LogP contribution in [0.1, 0.15) is 48.7 Å². The minimum absolute atomic E-state index is 0.0202. The number of carbonyl (C=O) groups is 3. The number of nitrogens with one attached hydrogen (secondary N) is 1. The maximum Gasteiger partial charge on any atom is 0.229 e. The van der Waals surface area contributed by atoms with Crippen LogP contribution in [0.25, 0.3) is 0 Å². The number of amides is 2. The van der Waals surface area contributed by atoms with Crippen molar-refractivity contribution in [3.63, 3.8) is 0 Å². The highest BCUT2D eigenvalue weighted by Crippen LogP contribution is 2.32. The van der Waals surface area contributed by atoms with E-state index in [2.05, 4.69) is 19.2 Å². The van der Waals surface area contributed by atoms with Crippen LogP contribution >= 0.6 is 0 Å². The average molecular weight is 378 g/mol. The van der Waals surface area contributed by atoms with Gasteiger partial charge in [0.15, 0.2) is 5.78 Å². The van der Waals surface area contributed by atoms with Gasteiger partial charge in [0, 0.05) is 29.9 Å². The molecule has 0 unspecified atom stereocenters. The summed E-state index contributed by atoms with van der Waals surface area (Å²) >= 11 is 0. The van der Waals surface area contributed by atoms with Gasteiger partial charge in [-0.2, -0.15) is 0 Å². The molecule has 1 aliphatic rings. The normalized spacial score (nSPS) is 16.3. The predicted molar refractivity (Wildman–Crippen MR) is 111 cm³/mol. The van der Waals surface area contributed by atoms with Gasteiger partial charge in [0.05, 0.1) is 5.92 Å². The fourth-order valence-electron chi connectivity index (χ4n) is 3.72. The molecule has 28 heavy (non-hydrogen) atoms. The van der Waals surface area contributed by atoms with Crippen molar-refractivity contribution in [2.75, 3.05) is 16.8 Å². The summed E-state index contributed by atoms with van der Waals surface area (Å²) in [6, 6.07) is 13.0. The number of Topliss-reactive ketones (excluding diaryl/α,β-unsaturated/α-hetero) is 1. The molecule has 0 radical (unpaired) electrons. The Labute approximate surface area is 165 Å². The summed E-state index contributed by atoms with van der Waals surface area (Å²) < 4.78 is 0. The van der Waals surface area contributed by atoms with Gasteiger partial charge in [0.1, 0.15) is 0 Å². The minimum atomic E-state index is -0.414. The third kappa shape index (κ3) is 3.98. The number of hydrogen-bond acceptors (Lipinski definition) is 3. The second kappa shape index (κ2) is 8.38. The zero-order valence-corrected chi connectivity index (χ0v) is 16.6. The first-order valence-corrected chi connectivity index (χ1v) is 9.77. The van der Waals surface area contributed by atoms with Gasteiger partial charge >= 0.3 is 0 Å². The molecule has 5 nitrogen and oxygen atoms in total. The average Bonchev–Trinajstić information content (AvgIpc) is 3.08. The molecule has 1 saturated heterocycles. The molecule has 1 fully saturated rings. The van der Waals surface area contributed by atoms with Gasteiger partial charge in [-0.15, -0.1) is 0 Å². The monoisotopic (exact) mass is 378 g/mol. The summed E-state index contributed by atoms with van der Waals surface area (Å²) in [6.07, 6.45) is 1.86. The Morgan fingerprint density at radius 3 is 2.32 bits per heavy atom. The molecule has 2 aromatic rings. The Morgan fingerprint density at radius 2 is 1.71 bits per heavy atom. The second-order valence-corrected chi connectivity index (χ2v) is 7.16. The van der Waals surface area contributed by atoms with E-state index in [1.54, 1.807) is 29.2 Å². The predicted octanol–water partition coefficient (Wildman–Crippen LogP) is 4.01.